The van der Waals surface area contributed by atoms with Crippen LogP contribution in [0.3, 0.4) is 0 Å². The molecule has 2 heterocycles. The van der Waals surface area contributed by atoms with E-state index in [1.807, 2.05) is 0 Å². The molecule has 5 atom stereocenters. The van der Waals surface area contributed by atoms with Crippen molar-refractivity contribution < 1.29 is 33.6 Å². The standard InChI is InChI=1S/C22H28N6O8/c1-3-10(2)18-21(32)25-14(8-17(23)29)22(33)27-9-12(7-15(27)19(24)30)36-16-5-4-11(28(34)35)6-13(16)20(31)26-18/h4-6,10,12,14-15,18H,3,7-9H2,1-2H3,(H2,23,29)(H2,24,30)(H,25,32)(H,26,31)/t10-,12+,14?,15+,18+/m1/s1. The predicted molar refractivity (Wildman–Crippen MR) is 123 cm³/mol. The Morgan fingerprint density at radius 1 is 1.25 bits per heavy atom. The number of fused-ring (bicyclic) bond motifs is 3. The monoisotopic (exact) mass is 504 g/mol. The number of benzene rings is 1. The molecule has 0 aromatic heterocycles. The smallest absolute Gasteiger partial charge is 0.270 e. The highest BCUT2D eigenvalue weighted by Crippen LogP contribution is 2.30. The van der Waals surface area contributed by atoms with Crippen molar-refractivity contribution in [2.45, 2.75) is 57.3 Å². The predicted octanol–water partition coefficient (Wildman–Crippen LogP) is -1.05. The number of carbonyl (C=O) groups is 5. The van der Waals surface area contributed by atoms with Crippen LogP contribution >= 0.6 is 0 Å². The lowest BCUT2D eigenvalue weighted by atomic mass is 9.97. The summed E-state index contributed by atoms with van der Waals surface area (Å²) in [5.41, 5.74) is 10.2. The van der Waals surface area contributed by atoms with Gasteiger partial charge in [-0.2, -0.15) is 0 Å². The van der Waals surface area contributed by atoms with E-state index in [0.717, 1.165) is 17.0 Å². The summed E-state index contributed by atoms with van der Waals surface area (Å²) in [6.07, 6.45) is -0.948. The van der Waals surface area contributed by atoms with Gasteiger partial charge in [-0.1, -0.05) is 20.3 Å². The van der Waals surface area contributed by atoms with Crippen LogP contribution in [0.25, 0.3) is 0 Å². The molecule has 5 amide bonds. The Kier molecular flexibility index (Phi) is 7.75. The molecule has 6 N–H and O–H groups in total. The first kappa shape index (κ1) is 26.4. The van der Waals surface area contributed by atoms with E-state index in [1.54, 1.807) is 13.8 Å². The average molecular weight is 505 g/mol. The van der Waals surface area contributed by atoms with Crippen LogP contribution in [0.2, 0.25) is 0 Å². The van der Waals surface area contributed by atoms with Gasteiger partial charge >= 0.3 is 0 Å². The lowest BCUT2D eigenvalue weighted by Gasteiger charge is -2.29. The molecule has 14 heteroatoms. The number of nitrogens with one attached hydrogen (secondary N) is 2. The number of primary amides is 2. The van der Waals surface area contributed by atoms with Crippen LogP contribution in [0.15, 0.2) is 18.2 Å². The van der Waals surface area contributed by atoms with Gasteiger partial charge in [0.2, 0.25) is 23.6 Å². The molecule has 0 radical (unpaired) electrons. The quantitative estimate of drug-likeness (QED) is 0.276. The molecule has 1 fully saturated rings. The summed E-state index contributed by atoms with van der Waals surface area (Å²) >= 11 is 0. The molecule has 1 aromatic carbocycles. The molecule has 194 valence electrons. The zero-order chi connectivity index (χ0) is 26.7. The second kappa shape index (κ2) is 10.6. The number of hydrogen-bond donors (Lipinski definition) is 4. The second-order valence-corrected chi connectivity index (χ2v) is 8.89. The number of nitro benzene ring substituents is 1. The fourth-order valence-corrected chi connectivity index (χ4v) is 4.27. The van der Waals surface area contributed by atoms with Crippen molar-refractivity contribution in [2.75, 3.05) is 6.54 Å². The van der Waals surface area contributed by atoms with Gasteiger partial charge in [-0.3, -0.25) is 34.1 Å². The summed E-state index contributed by atoms with van der Waals surface area (Å²) < 4.78 is 5.92. The minimum Gasteiger partial charge on any atom is -0.488 e. The van der Waals surface area contributed by atoms with Crippen LogP contribution < -0.4 is 26.8 Å². The third kappa shape index (κ3) is 5.53. The number of nitrogens with zero attached hydrogens (tertiary/aromatic N) is 2. The number of ether oxygens (including phenoxy) is 1. The Balaban J connectivity index is 2.13. The highest BCUT2D eigenvalue weighted by molar-refractivity contribution is 6.01. The Morgan fingerprint density at radius 3 is 2.53 bits per heavy atom. The number of non-ortho nitro benzene ring substituents is 1. The summed E-state index contributed by atoms with van der Waals surface area (Å²) in [5.74, 6) is -4.49. The maximum atomic E-state index is 13.4. The van der Waals surface area contributed by atoms with Crippen LogP contribution in [0, 0.1) is 16.0 Å². The van der Waals surface area contributed by atoms with E-state index in [9.17, 15) is 34.1 Å². The zero-order valence-corrected chi connectivity index (χ0v) is 19.8. The van der Waals surface area contributed by atoms with E-state index in [4.69, 9.17) is 16.2 Å². The Hall–Kier alpha value is -4.23. The zero-order valence-electron chi connectivity index (χ0n) is 19.8. The molecular weight excluding hydrogens is 476 g/mol. The van der Waals surface area contributed by atoms with Crippen molar-refractivity contribution in [3.8, 4) is 5.75 Å². The highest BCUT2D eigenvalue weighted by Gasteiger charge is 2.44. The number of rotatable bonds is 6. The first-order valence-corrected chi connectivity index (χ1v) is 11.4. The van der Waals surface area contributed by atoms with Crippen LogP contribution in [-0.2, 0) is 19.2 Å². The molecule has 14 nitrogen and oxygen atoms in total. The van der Waals surface area contributed by atoms with Crippen LogP contribution in [0.1, 0.15) is 43.5 Å². The molecule has 0 spiro atoms. The molecular formula is C22H28N6O8. The first-order chi connectivity index (χ1) is 16.9. The number of hydrogen-bond acceptors (Lipinski definition) is 8. The van der Waals surface area contributed by atoms with E-state index in [0.29, 0.717) is 6.42 Å². The molecule has 0 saturated carbocycles. The fraction of sp³-hybridized carbons (Fsp3) is 0.500. The van der Waals surface area contributed by atoms with Crippen molar-refractivity contribution in [2.24, 2.45) is 17.4 Å². The lowest BCUT2D eigenvalue weighted by molar-refractivity contribution is -0.384. The molecule has 1 aromatic rings. The number of nitro groups is 1. The van der Waals surface area contributed by atoms with E-state index in [1.165, 1.54) is 6.07 Å². The topological polar surface area (TPSA) is 217 Å². The van der Waals surface area contributed by atoms with E-state index >= 15 is 0 Å². The lowest BCUT2D eigenvalue weighted by Crippen LogP contribution is -2.58. The minimum absolute atomic E-state index is 0.0307. The first-order valence-electron chi connectivity index (χ1n) is 11.4. The highest BCUT2D eigenvalue weighted by atomic mass is 16.6. The van der Waals surface area contributed by atoms with Crippen molar-refractivity contribution >= 4 is 35.2 Å². The summed E-state index contributed by atoms with van der Waals surface area (Å²) in [4.78, 5) is 75.4. The van der Waals surface area contributed by atoms with Gasteiger partial charge in [0.15, 0.2) is 0 Å². The van der Waals surface area contributed by atoms with Crippen LogP contribution in [0.5, 0.6) is 5.75 Å². The Morgan fingerprint density at radius 2 is 1.94 bits per heavy atom. The molecule has 3 rings (SSSR count). The van der Waals surface area contributed by atoms with Crippen molar-refractivity contribution in [1.82, 2.24) is 15.5 Å². The fourth-order valence-electron chi connectivity index (χ4n) is 4.27. The third-order valence-electron chi connectivity index (χ3n) is 6.39. The number of carbonyl (C=O) groups excluding carboxylic acids is 5. The number of amides is 5. The Bertz CT molecular complexity index is 1110. The summed E-state index contributed by atoms with van der Waals surface area (Å²) in [6.45, 7) is 3.32. The van der Waals surface area contributed by atoms with E-state index in [2.05, 4.69) is 10.6 Å². The Labute approximate surface area is 205 Å². The third-order valence-corrected chi connectivity index (χ3v) is 6.39. The van der Waals surface area contributed by atoms with Gasteiger partial charge in [-0.15, -0.1) is 0 Å². The molecule has 36 heavy (non-hydrogen) atoms. The molecule has 2 bridgehead atoms. The molecule has 1 unspecified atom stereocenters. The number of nitrogens with two attached hydrogens (primary N) is 2. The second-order valence-electron chi connectivity index (χ2n) is 8.89. The summed E-state index contributed by atoms with van der Waals surface area (Å²) in [6, 6.07) is -0.283. The van der Waals surface area contributed by atoms with Crippen molar-refractivity contribution in [1.29, 1.82) is 0 Å². The molecule has 1 saturated heterocycles. The summed E-state index contributed by atoms with van der Waals surface area (Å²) in [7, 11) is 0. The molecule has 2 aliphatic rings. The largest absolute Gasteiger partial charge is 0.488 e. The van der Waals surface area contributed by atoms with Gasteiger partial charge in [0.05, 0.1) is 23.5 Å². The van der Waals surface area contributed by atoms with E-state index < -0.39 is 71.0 Å². The maximum absolute atomic E-state index is 13.4. The molecule has 2 aliphatic heterocycles. The molecule has 0 aliphatic carbocycles. The average Bonchev–Trinajstić information content (AvgIpc) is 3.24. The van der Waals surface area contributed by atoms with Gasteiger partial charge in [0.25, 0.3) is 11.6 Å². The van der Waals surface area contributed by atoms with Crippen molar-refractivity contribution in [3.05, 3.63) is 33.9 Å². The van der Waals surface area contributed by atoms with Crippen molar-refractivity contribution in [3.63, 3.8) is 0 Å². The maximum Gasteiger partial charge on any atom is 0.270 e. The normalized spacial score (nSPS) is 25.2. The van der Waals surface area contributed by atoms with Gasteiger partial charge in [0.1, 0.15) is 30.0 Å². The SMILES string of the molecule is CC[C@@H](C)[C@@H]1NC(=O)c2cc([N+](=O)[O-])ccc2O[C@H]2C[C@@H](C(N)=O)N(C2)C(=O)C(CC(N)=O)NC1=O. The van der Waals surface area contributed by atoms with Crippen LogP contribution in [0.4, 0.5) is 5.69 Å². The van der Waals surface area contributed by atoms with Gasteiger partial charge in [-0.25, -0.2) is 0 Å². The van der Waals surface area contributed by atoms with Gasteiger partial charge in [0, 0.05) is 18.6 Å². The van der Waals surface area contributed by atoms with Gasteiger partial charge in [-0.05, 0) is 12.0 Å². The summed E-state index contributed by atoms with van der Waals surface area (Å²) in [5, 5.41) is 16.4. The van der Waals surface area contributed by atoms with E-state index in [-0.39, 0.29) is 30.0 Å². The van der Waals surface area contributed by atoms with Gasteiger partial charge < -0.3 is 31.7 Å². The minimum atomic E-state index is -1.41. The van der Waals surface area contributed by atoms with Crippen LogP contribution in [-0.4, -0.2) is 70.1 Å².